The third-order valence-electron chi connectivity index (χ3n) is 2.89. The number of aromatic amines is 1. The summed E-state index contributed by atoms with van der Waals surface area (Å²) in [6.45, 7) is 0.895. The monoisotopic (exact) mass is 259 g/mol. The molecular weight excluding hydrogens is 246 g/mol. The highest BCUT2D eigenvalue weighted by atomic mass is 18.2. The molecule has 1 aliphatic heterocycles. The Labute approximate surface area is 100 Å². The molecule has 0 aliphatic carbocycles. The first kappa shape index (κ1) is 12.9. The Balaban J connectivity index is 2.42. The van der Waals surface area contributed by atoms with E-state index >= 15 is 0 Å². The number of hydrogen-bond donors (Lipinski definition) is 3. The lowest BCUT2D eigenvalue weighted by Crippen LogP contribution is -2.36. The summed E-state index contributed by atoms with van der Waals surface area (Å²) >= 11 is 0. The van der Waals surface area contributed by atoms with Crippen LogP contribution in [-0.2, 0) is 4.74 Å². The summed E-state index contributed by atoms with van der Waals surface area (Å²) < 4.78 is 19.7. The van der Waals surface area contributed by atoms with Gasteiger partial charge in [0.1, 0.15) is 12.2 Å². The zero-order valence-electron chi connectivity index (χ0n) is 9.54. The first-order valence-corrected chi connectivity index (χ1v) is 5.36. The Morgan fingerprint density at radius 3 is 2.78 bits per heavy atom. The van der Waals surface area contributed by atoms with E-state index in [9.17, 15) is 19.1 Å². The number of ether oxygens (including phenoxy) is 1. The molecule has 100 valence electrons. The molecule has 1 aromatic heterocycles. The molecule has 7 nitrogen and oxygen atoms in total. The molecule has 18 heavy (non-hydrogen) atoms. The van der Waals surface area contributed by atoms with E-state index < -0.39 is 42.5 Å². The van der Waals surface area contributed by atoms with Gasteiger partial charge in [0.25, 0.3) is 5.56 Å². The normalized spacial score (nSPS) is 31.8. The van der Waals surface area contributed by atoms with Crippen LogP contribution < -0.4 is 11.2 Å². The van der Waals surface area contributed by atoms with E-state index in [4.69, 9.17) is 9.84 Å². The van der Waals surface area contributed by atoms with E-state index in [1.165, 1.54) is 6.92 Å². The minimum atomic E-state index is -1.86. The first-order valence-electron chi connectivity index (χ1n) is 5.36. The van der Waals surface area contributed by atoms with Crippen molar-refractivity contribution in [3.63, 3.8) is 0 Å². The quantitative estimate of drug-likeness (QED) is 0.595. The first-order chi connectivity index (χ1) is 8.45. The molecule has 1 aromatic rings. The average Bonchev–Trinajstić information content (AvgIpc) is 2.61. The molecule has 4 atom stereocenters. The minimum Gasteiger partial charge on any atom is -0.394 e. The average molecular weight is 259 g/mol. The number of rotatable bonds is 2. The second-order valence-corrected chi connectivity index (χ2v) is 4.16. The van der Waals surface area contributed by atoms with Gasteiger partial charge in [0.2, 0.25) is 0 Å². The van der Waals surface area contributed by atoms with Crippen LogP contribution in [0.4, 0.5) is 4.39 Å². The predicted molar refractivity (Wildman–Crippen MR) is 58.0 cm³/mol. The van der Waals surface area contributed by atoms with Crippen LogP contribution in [0.25, 0.3) is 0 Å². The van der Waals surface area contributed by atoms with Crippen LogP contribution in [0, 0.1) is 6.92 Å². The molecule has 8 heteroatoms. The molecule has 0 spiro atoms. The maximum absolute atomic E-state index is 13.8. The van der Waals surface area contributed by atoms with Crippen LogP contribution in [0.5, 0.6) is 0 Å². The number of H-pyrrole nitrogens is 1. The molecule has 0 amide bonds. The summed E-state index contributed by atoms with van der Waals surface area (Å²) in [5.41, 5.74) is -1.18. The lowest BCUT2D eigenvalue weighted by Gasteiger charge is -2.15. The van der Waals surface area contributed by atoms with Gasteiger partial charge in [-0.15, -0.1) is 0 Å². The Kier molecular flexibility index (Phi) is 3.33. The van der Waals surface area contributed by atoms with E-state index in [0.717, 1.165) is 10.8 Å². The van der Waals surface area contributed by atoms with Crippen LogP contribution in [0.3, 0.4) is 0 Å². The molecule has 0 saturated carbocycles. The maximum atomic E-state index is 13.8. The highest BCUT2D eigenvalue weighted by Gasteiger charge is 2.45. The number of aliphatic hydroxyl groups excluding tert-OH is 2. The number of nitrogens with zero attached hydrogens (tertiary/aromatic N) is 1. The van der Waals surface area contributed by atoms with Gasteiger partial charge in [0.05, 0.1) is 6.61 Å². The van der Waals surface area contributed by atoms with Crippen molar-refractivity contribution in [2.45, 2.75) is 31.5 Å². The molecular formula is C10H13FN2O5. The van der Waals surface area contributed by atoms with Crippen LogP contribution >= 0.6 is 0 Å². The van der Waals surface area contributed by atoms with Crippen LogP contribution in [-0.4, -0.2) is 44.8 Å². The fraction of sp³-hybridized carbons (Fsp3) is 0.600. The number of nitrogens with one attached hydrogen (secondary N) is 1. The summed E-state index contributed by atoms with van der Waals surface area (Å²) in [5, 5.41) is 18.3. The van der Waals surface area contributed by atoms with Crippen molar-refractivity contribution in [3.05, 3.63) is 32.6 Å². The topological polar surface area (TPSA) is 105 Å². The van der Waals surface area contributed by atoms with E-state index in [1.54, 1.807) is 0 Å². The minimum absolute atomic E-state index is 0.215. The van der Waals surface area contributed by atoms with E-state index in [0.29, 0.717) is 0 Å². The molecule has 3 N–H and O–H groups in total. The summed E-state index contributed by atoms with van der Waals surface area (Å²) in [6.07, 6.45) is -4.67. The van der Waals surface area contributed by atoms with E-state index in [1.807, 2.05) is 4.98 Å². The van der Waals surface area contributed by atoms with E-state index in [2.05, 4.69) is 0 Å². The Bertz CT molecular complexity index is 554. The van der Waals surface area contributed by atoms with Gasteiger partial charge in [0.15, 0.2) is 12.4 Å². The predicted octanol–water partition coefficient (Wildman–Crippen LogP) is -1.57. The smallest absolute Gasteiger partial charge is 0.330 e. The van der Waals surface area contributed by atoms with E-state index in [-0.39, 0.29) is 5.56 Å². The van der Waals surface area contributed by atoms with Crippen molar-refractivity contribution in [1.82, 2.24) is 9.55 Å². The fourth-order valence-corrected chi connectivity index (χ4v) is 1.85. The SMILES string of the molecule is Cc1cn([C@@H]2O[C@H](CO)[C@@H](O)[C@@H]2[18F])c(=O)[nH]c1=O. The van der Waals surface area contributed by atoms with Crippen molar-refractivity contribution in [3.8, 4) is 0 Å². The van der Waals surface area contributed by atoms with Gasteiger partial charge in [-0.3, -0.25) is 14.3 Å². The zero-order valence-corrected chi connectivity index (χ0v) is 9.54. The number of aliphatic hydroxyl groups is 2. The van der Waals surface area contributed by atoms with Crippen LogP contribution in [0.1, 0.15) is 11.8 Å². The molecule has 0 bridgehead atoms. The van der Waals surface area contributed by atoms with Crippen molar-refractivity contribution >= 4 is 0 Å². The van der Waals surface area contributed by atoms with Crippen molar-refractivity contribution in [2.24, 2.45) is 0 Å². The Hall–Kier alpha value is -1.51. The van der Waals surface area contributed by atoms with Gasteiger partial charge in [-0.05, 0) is 6.92 Å². The number of aryl methyl sites for hydroxylation is 1. The maximum Gasteiger partial charge on any atom is 0.330 e. The van der Waals surface area contributed by atoms with Gasteiger partial charge in [-0.25, -0.2) is 9.18 Å². The zero-order chi connectivity index (χ0) is 13.4. The van der Waals surface area contributed by atoms with Crippen molar-refractivity contribution in [2.75, 3.05) is 6.61 Å². The summed E-state index contributed by atoms with van der Waals surface area (Å²) in [7, 11) is 0. The van der Waals surface area contributed by atoms with Crippen LogP contribution in [0.15, 0.2) is 15.8 Å². The second-order valence-electron chi connectivity index (χ2n) is 4.16. The van der Waals surface area contributed by atoms with Crippen molar-refractivity contribution in [1.29, 1.82) is 0 Å². The van der Waals surface area contributed by atoms with Gasteiger partial charge in [-0.2, -0.15) is 0 Å². The molecule has 2 heterocycles. The number of aromatic nitrogens is 2. The van der Waals surface area contributed by atoms with Gasteiger partial charge < -0.3 is 14.9 Å². The highest BCUT2D eigenvalue weighted by Crippen LogP contribution is 2.30. The summed E-state index contributed by atoms with van der Waals surface area (Å²) in [4.78, 5) is 24.7. The summed E-state index contributed by atoms with van der Waals surface area (Å²) in [6, 6.07) is 0. The number of alkyl halides is 1. The van der Waals surface area contributed by atoms with Gasteiger partial charge in [-0.1, -0.05) is 0 Å². The van der Waals surface area contributed by atoms with Gasteiger partial charge >= 0.3 is 5.69 Å². The third-order valence-corrected chi connectivity index (χ3v) is 2.89. The largest absolute Gasteiger partial charge is 0.394 e. The summed E-state index contributed by atoms with van der Waals surface area (Å²) in [5.74, 6) is 0. The highest BCUT2D eigenvalue weighted by molar-refractivity contribution is 5.03. The van der Waals surface area contributed by atoms with Crippen molar-refractivity contribution < 1.29 is 19.3 Å². The third kappa shape index (κ3) is 1.98. The lowest BCUT2D eigenvalue weighted by atomic mass is 10.1. The lowest BCUT2D eigenvalue weighted by molar-refractivity contribution is -0.0492. The molecule has 1 aliphatic rings. The molecule has 0 unspecified atom stereocenters. The molecule has 1 saturated heterocycles. The molecule has 0 radical (unpaired) electrons. The second kappa shape index (κ2) is 4.63. The molecule has 0 aromatic carbocycles. The molecule has 1 fully saturated rings. The van der Waals surface area contributed by atoms with Gasteiger partial charge in [0, 0.05) is 11.8 Å². The fourth-order valence-electron chi connectivity index (χ4n) is 1.85. The number of hydrogen-bond acceptors (Lipinski definition) is 5. The molecule has 2 rings (SSSR count). The number of halogens is 1. The Morgan fingerprint density at radius 1 is 1.56 bits per heavy atom. The standard InChI is InChI=1S/C10H13FN2O5/c1-4-2-13(10(17)12-8(4)16)9-6(11)7(15)5(3-14)18-9/h2,5-7,9,14-15H,3H2,1H3,(H,12,16,17)/t5-,6+,7-,9-/m1/s1/i11-1. The van der Waals surface area contributed by atoms with Crippen LogP contribution in [0.2, 0.25) is 0 Å². The Morgan fingerprint density at radius 2 is 2.22 bits per heavy atom.